The van der Waals surface area contributed by atoms with Crippen molar-refractivity contribution >= 4 is 22.6 Å². The summed E-state index contributed by atoms with van der Waals surface area (Å²) in [6, 6.07) is 13.3. The van der Waals surface area contributed by atoms with Gasteiger partial charge in [-0.1, -0.05) is 18.2 Å². The van der Waals surface area contributed by atoms with Crippen molar-refractivity contribution in [3.8, 4) is 0 Å². The van der Waals surface area contributed by atoms with Crippen molar-refractivity contribution in [2.75, 3.05) is 13.1 Å². The van der Waals surface area contributed by atoms with E-state index in [0.717, 1.165) is 22.5 Å². The number of fused-ring (bicyclic) bond motifs is 1. The number of aromatic nitrogens is 1. The number of benzene rings is 2. The maximum atomic E-state index is 13.3. The second-order valence-corrected chi connectivity index (χ2v) is 8.96. The second kappa shape index (κ2) is 9.04. The van der Waals surface area contributed by atoms with E-state index in [2.05, 4.69) is 18.4 Å². The maximum Gasteiger partial charge on any atom is 0.417 e. The lowest BCUT2D eigenvalue weighted by molar-refractivity contribution is -0.138. The van der Waals surface area contributed by atoms with Crippen molar-refractivity contribution < 1.29 is 22.8 Å². The van der Waals surface area contributed by atoms with E-state index in [0.29, 0.717) is 25.3 Å². The third-order valence-corrected chi connectivity index (χ3v) is 6.42. The number of carbonyl (C=O) groups excluding carboxylic acids is 2. The molecule has 0 atom stereocenters. The van der Waals surface area contributed by atoms with Gasteiger partial charge in [0.25, 0.3) is 5.91 Å². The van der Waals surface area contributed by atoms with Gasteiger partial charge in [-0.2, -0.15) is 13.2 Å². The van der Waals surface area contributed by atoms with E-state index in [1.54, 1.807) is 0 Å². The van der Waals surface area contributed by atoms with Gasteiger partial charge in [-0.15, -0.1) is 0 Å². The first-order chi connectivity index (χ1) is 15.6. The number of carbonyl (C=O) groups is 2. The highest BCUT2D eigenvalue weighted by Crippen LogP contribution is 2.33. The molecule has 1 saturated heterocycles. The number of ketones is 1. The Bertz CT molecular complexity index is 1170. The molecule has 4 rings (SSSR count). The summed E-state index contributed by atoms with van der Waals surface area (Å²) in [5.74, 6) is -0.711. The van der Waals surface area contributed by atoms with Gasteiger partial charge in [0.15, 0.2) is 0 Å². The van der Waals surface area contributed by atoms with Crippen LogP contribution in [0.25, 0.3) is 10.9 Å². The Morgan fingerprint density at radius 3 is 2.39 bits per heavy atom. The Balaban J connectivity index is 1.39. The highest BCUT2D eigenvalue weighted by atomic mass is 19.4. The summed E-state index contributed by atoms with van der Waals surface area (Å²) < 4.78 is 42.0. The summed E-state index contributed by atoms with van der Waals surface area (Å²) in [5, 5.41) is 1.10. The maximum absolute atomic E-state index is 13.3. The number of alkyl halides is 3. The highest BCUT2D eigenvalue weighted by Gasteiger charge is 2.37. The number of piperidine rings is 1. The number of rotatable bonds is 5. The largest absolute Gasteiger partial charge is 0.417 e. The lowest BCUT2D eigenvalue weighted by Crippen LogP contribution is -2.41. The Morgan fingerprint density at radius 2 is 1.73 bits per heavy atom. The summed E-state index contributed by atoms with van der Waals surface area (Å²) in [6.07, 6.45) is -1.30. The molecule has 1 aromatic heterocycles. The predicted molar refractivity (Wildman–Crippen MR) is 121 cm³/mol. The average Bonchev–Trinajstić information content (AvgIpc) is 3.22. The SMILES string of the molecule is CC(C)n1ccc2cc(CC(=O)C3CCN(C(=O)c4ccccc4C(F)(F)F)CC3)ccc21. The minimum atomic E-state index is -4.59. The third kappa shape index (κ3) is 4.82. The molecule has 0 bridgehead atoms. The quantitative estimate of drug-likeness (QED) is 0.479. The number of hydrogen-bond acceptors (Lipinski definition) is 2. The molecule has 7 heteroatoms. The third-order valence-electron chi connectivity index (χ3n) is 6.42. The standard InChI is InChI=1S/C26H27F3N2O2/c1-17(2)31-14-11-20-15-18(7-8-23(20)31)16-24(32)19-9-12-30(13-10-19)25(33)21-5-3-4-6-22(21)26(27,28)29/h3-8,11,14-15,17,19H,9-10,12-13,16H2,1-2H3. The van der Waals surface area contributed by atoms with Crippen molar-refractivity contribution in [2.24, 2.45) is 5.92 Å². The molecule has 4 nitrogen and oxygen atoms in total. The molecule has 0 spiro atoms. The Kier molecular flexibility index (Phi) is 6.32. The number of amides is 1. The Labute approximate surface area is 191 Å². The molecule has 0 saturated carbocycles. The van der Waals surface area contributed by atoms with Gasteiger partial charge in [-0.05, 0) is 68.0 Å². The molecule has 1 fully saturated rings. The van der Waals surface area contributed by atoms with Crippen LogP contribution in [0, 0.1) is 5.92 Å². The molecule has 0 radical (unpaired) electrons. The summed E-state index contributed by atoms with van der Waals surface area (Å²) in [6.45, 7) is 4.79. The van der Waals surface area contributed by atoms with Gasteiger partial charge in [-0.25, -0.2) is 0 Å². The fourth-order valence-electron chi connectivity index (χ4n) is 4.61. The lowest BCUT2D eigenvalue weighted by atomic mass is 9.88. The van der Waals surface area contributed by atoms with Crippen LogP contribution in [-0.4, -0.2) is 34.2 Å². The molecule has 1 aliphatic heterocycles. The van der Waals surface area contributed by atoms with E-state index in [1.807, 2.05) is 30.5 Å². The summed E-state index contributed by atoms with van der Waals surface area (Å²) >= 11 is 0. The molecule has 0 unspecified atom stereocenters. The van der Waals surface area contributed by atoms with E-state index in [1.165, 1.54) is 23.1 Å². The van der Waals surface area contributed by atoms with Crippen LogP contribution < -0.4 is 0 Å². The van der Waals surface area contributed by atoms with Crippen LogP contribution in [0.15, 0.2) is 54.7 Å². The van der Waals surface area contributed by atoms with Crippen LogP contribution in [0.4, 0.5) is 13.2 Å². The Morgan fingerprint density at radius 1 is 1.03 bits per heavy atom. The Hall–Kier alpha value is -3.09. The van der Waals surface area contributed by atoms with E-state index < -0.39 is 17.6 Å². The van der Waals surface area contributed by atoms with Crippen LogP contribution >= 0.6 is 0 Å². The van der Waals surface area contributed by atoms with Crippen molar-refractivity contribution in [1.29, 1.82) is 0 Å². The molecule has 174 valence electrons. The summed E-state index contributed by atoms with van der Waals surface area (Å²) in [7, 11) is 0. The van der Waals surface area contributed by atoms with Crippen molar-refractivity contribution in [3.05, 3.63) is 71.4 Å². The van der Waals surface area contributed by atoms with Crippen LogP contribution in [0.1, 0.15) is 54.2 Å². The molecule has 0 N–H and O–H groups in total. The first-order valence-electron chi connectivity index (χ1n) is 11.2. The molecular formula is C26H27F3N2O2. The first kappa shape index (κ1) is 23.1. The van der Waals surface area contributed by atoms with E-state index in [-0.39, 0.29) is 30.4 Å². The first-order valence-corrected chi connectivity index (χ1v) is 11.2. The predicted octanol–water partition coefficient (Wildman–Crippen LogP) is 5.91. The number of halogens is 3. The zero-order chi connectivity index (χ0) is 23.8. The van der Waals surface area contributed by atoms with Gasteiger partial charge < -0.3 is 9.47 Å². The molecule has 1 amide bonds. The normalized spacial score (nSPS) is 15.4. The monoisotopic (exact) mass is 456 g/mol. The van der Waals surface area contributed by atoms with Crippen molar-refractivity contribution in [3.63, 3.8) is 0 Å². The zero-order valence-corrected chi connectivity index (χ0v) is 18.7. The van der Waals surface area contributed by atoms with Crippen molar-refractivity contribution in [2.45, 2.75) is 45.3 Å². The lowest BCUT2D eigenvalue weighted by Gasteiger charge is -2.32. The van der Waals surface area contributed by atoms with Gasteiger partial charge in [0.05, 0.1) is 11.1 Å². The second-order valence-electron chi connectivity index (χ2n) is 8.96. The van der Waals surface area contributed by atoms with E-state index in [9.17, 15) is 22.8 Å². The van der Waals surface area contributed by atoms with Crippen LogP contribution in [0.5, 0.6) is 0 Å². The van der Waals surface area contributed by atoms with Gasteiger partial charge in [-0.3, -0.25) is 9.59 Å². The highest BCUT2D eigenvalue weighted by molar-refractivity contribution is 5.96. The minimum Gasteiger partial charge on any atom is -0.345 e. The van der Waals surface area contributed by atoms with Crippen LogP contribution in [0.3, 0.4) is 0 Å². The van der Waals surface area contributed by atoms with E-state index in [4.69, 9.17) is 0 Å². The molecule has 2 heterocycles. The number of hydrogen-bond donors (Lipinski definition) is 0. The average molecular weight is 457 g/mol. The minimum absolute atomic E-state index is 0.112. The zero-order valence-electron chi connectivity index (χ0n) is 18.7. The van der Waals surface area contributed by atoms with Gasteiger partial charge in [0, 0.05) is 43.2 Å². The molecule has 0 aliphatic carbocycles. The smallest absolute Gasteiger partial charge is 0.345 e. The molecule has 2 aromatic carbocycles. The molecule has 33 heavy (non-hydrogen) atoms. The topological polar surface area (TPSA) is 42.3 Å². The molecule has 3 aromatic rings. The van der Waals surface area contributed by atoms with Gasteiger partial charge >= 0.3 is 6.18 Å². The number of nitrogens with zero attached hydrogens (tertiary/aromatic N) is 2. The van der Waals surface area contributed by atoms with Gasteiger partial charge in [0.2, 0.25) is 0 Å². The van der Waals surface area contributed by atoms with Crippen LogP contribution in [0.2, 0.25) is 0 Å². The summed E-state index contributed by atoms with van der Waals surface area (Å²) in [5.41, 5.74) is 0.824. The molecule has 1 aliphatic rings. The fourth-order valence-corrected chi connectivity index (χ4v) is 4.61. The fraction of sp³-hybridized carbons (Fsp3) is 0.385. The number of likely N-dealkylation sites (tertiary alicyclic amines) is 1. The number of Topliss-reactive ketones (excluding diaryl/α,β-unsaturated/α-hetero) is 1. The van der Waals surface area contributed by atoms with Gasteiger partial charge in [0.1, 0.15) is 5.78 Å². The summed E-state index contributed by atoms with van der Waals surface area (Å²) in [4.78, 5) is 27.1. The van der Waals surface area contributed by atoms with Crippen molar-refractivity contribution in [1.82, 2.24) is 9.47 Å². The van der Waals surface area contributed by atoms with Crippen LogP contribution in [-0.2, 0) is 17.4 Å². The molecular weight excluding hydrogens is 429 g/mol. The van der Waals surface area contributed by atoms with E-state index >= 15 is 0 Å².